The first-order valence-electron chi connectivity index (χ1n) is 6.04. The molecule has 0 aromatic carbocycles. The Morgan fingerprint density at radius 2 is 2.31 bits per heavy atom. The van der Waals surface area contributed by atoms with Gasteiger partial charge in [-0.05, 0) is 19.3 Å². The van der Waals surface area contributed by atoms with E-state index in [2.05, 4.69) is 23.8 Å². The lowest BCUT2D eigenvalue weighted by molar-refractivity contribution is 0.249. The first kappa shape index (κ1) is 11.6. The quantitative estimate of drug-likeness (QED) is 0.834. The number of nitrogens with two attached hydrogens (primary N) is 1. The summed E-state index contributed by atoms with van der Waals surface area (Å²) in [6.45, 7) is 6.72. The van der Waals surface area contributed by atoms with E-state index in [1.54, 1.807) is 0 Å². The maximum Gasteiger partial charge on any atom is 0.0537 e. The zero-order valence-electron chi connectivity index (χ0n) is 10.4. The van der Waals surface area contributed by atoms with Gasteiger partial charge in [-0.2, -0.15) is 5.10 Å². The minimum atomic E-state index is 0.0847. The summed E-state index contributed by atoms with van der Waals surface area (Å²) in [7, 11) is 1.93. The molecule has 2 N–H and O–H groups in total. The van der Waals surface area contributed by atoms with Crippen LogP contribution in [0, 0.1) is 5.92 Å². The van der Waals surface area contributed by atoms with Gasteiger partial charge in [-0.1, -0.05) is 6.92 Å². The van der Waals surface area contributed by atoms with Gasteiger partial charge in [0.2, 0.25) is 0 Å². The van der Waals surface area contributed by atoms with E-state index in [1.165, 1.54) is 13.0 Å². The lowest BCUT2D eigenvalue weighted by atomic mass is 10.1. The van der Waals surface area contributed by atoms with Gasteiger partial charge in [0.1, 0.15) is 0 Å². The molecule has 1 aromatic heterocycles. The Hall–Kier alpha value is -0.870. The molecule has 4 nitrogen and oxygen atoms in total. The first-order chi connectivity index (χ1) is 7.56. The molecule has 3 unspecified atom stereocenters. The molecule has 0 saturated carbocycles. The SMILES string of the molecule is CC1CC(C)N(CC(N)c2cnn(C)c2)C1. The average Bonchev–Trinajstić information content (AvgIpc) is 2.74. The molecule has 0 bridgehead atoms. The molecular weight excluding hydrogens is 200 g/mol. The molecule has 1 saturated heterocycles. The number of aromatic nitrogens is 2. The molecule has 1 aliphatic heterocycles. The number of hydrogen-bond donors (Lipinski definition) is 1. The lowest BCUT2D eigenvalue weighted by Gasteiger charge is -2.24. The third-order valence-electron chi connectivity index (χ3n) is 3.50. The fraction of sp³-hybridized carbons (Fsp3) is 0.750. The molecule has 90 valence electrons. The Bertz CT molecular complexity index is 347. The number of aryl methyl sites for hydroxylation is 1. The Balaban J connectivity index is 1.94. The van der Waals surface area contributed by atoms with Crippen molar-refractivity contribution in [1.82, 2.24) is 14.7 Å². The Morgan fingerprint density at radius 1 is 1.56 bits per heavy atom. The van der Waals surface area contributed by atoms with Crippen molar-refractivity contribution >= 4 is 0 Å². The highest BCUT2D eigenvalue weighted by Crippen LogP contribution is 2.24. The van der Waals surface area contributed by atoms with Crippen molar-refractivity contribution in [3.63, 3.8) is 0 Å². The zero-order chi connectivity index (χ0) is 11.7. The van der Waals surface area contributed by atoms with Crippen LogP contribution in [0.5, 0.6) is 0 Å². The molecule has 4 heteroatoms. The van der Waals surface area contributed by atoms with E-state index in [9.17, 15) is 0 Å². The van der Waals surface area contributed by atoms with E-state index >= 15 is 0 Å². The number of hydrogen-bond acceptors (Lipinski definition) is 3. The maximum atomic E-state index is 6.20. The molecule has 16 heavy (non-hydrogen) atoms. The van der Waals surface area contributed by atoms with E-state index in [0.717, 1.165) is 18.0 Å². The van der Waals surface area contributed by atoms with Gasteiger partial charge in [0.15, 0.2) is 0 Å². The molecular formula is C12H22N4. The fourth-order valence-corrected chi connectivity index (χ4v) is 2.63. The summed E-state index contributed by atoms with van der Waals surface area (Å²) in [6, 6.07) is 0.749. The molecule has 1 aliphatic rings. The molecule has 1 aromatic rings. The summed E-state index contributed by atoms with van der Waals surface area (Å²) in [5, 5.41) is 4.16. The second kappa shape index (κ2) is 4.55. The summed E-state index contributed by atoms with van der Waals surface area (Å²) >= 11 is 0. The van der Waals surface area contributed by atoms with Crippen LogP contribution < -0.4 is 5.73 Å². The van der Waals surface area contributed by atoms with E-state index in [0.29, 0.717) is 6.04 Å². The molecule has 2 heterocycles. The van der Waals surface area contributed by atoms with Crippen LogP contribution in [0.15, 0.2) is 12.4 Å². The van der Waals surface area contributed by atoms with Gasteiger partial charge in [-0.15, -0.1) is 0 Å². The molecule has 3 atom stereocenters. The molecule has 0 aliphatic carbocycles. The first-order valence-corrected chi connectivity index (χ1v) is 6.04. The molecule has 0 spiro atoms. The second-order valence-electron chi connectivity index (χ2n) is 5.20. The summed E-state index contributed by atoms with van der Waals surface area (Å²) in [5.41, 5.74) is 7.33. The molecule has 2 rings (SSSR count). The van der Waals surface area contributed by atoms with Crippen LogP contribution in [-0.2, 0) is 7.05 Å². The van der Waals surface area contributed by atoms with Crippen molar-refractivity contribution in [2.75, 3.05) is 13.1 Å². The van der Waals surface area contributed by atoms with Gasteiger partial charge in [0, 0.05) is 44.0 Å². The molecule has 1 fully saturated rings. The van der Waals surface area contributed by atoms with Crippen LogP contribution in [0.1, 0.15) is 31.9 Å². The highest BCUT2D eigenvalue weighted by atomic mass is 15.2. The van der Waals surface area contributed by atoms with Crippen LogP contribution in [0.25, 0.3) is 0 Å². The van der Waals surface area contributed by atoms with Crippen molar-refractivity contribution in [2.24, 2.45) is 18.7 Å². The van der Waals surface area contributed by atoms with E-state index in [1.807, 2.05) is 24.1 Å². The number of rotatable bonds is 3. The topological polar surface area (TPSA) is 47.1 Å². The molecule has 0 amide bonds. The third kappa shape index (κ3) is 2.44. The maximum absolute atomic E-state index is 6.20. The normalized spacial score (nSPS) is 28.5. The van der Waals surface area contributed by atoms with Gasteiger partial charge in [-0.3, -0.25) is 9.58 Å². The summed E-state index contributed by atoms with van der Waals surface area (Å²) in [5.74, 6) is 0.802. The Labute approximate surface area is 97.4 Å². The van der Waals surface area contributed by atoms with Crippen LogP contribution in [-0.4, -0.2) is 33.8 Å². The van der Waals surface area contributed by atoms with Crippen molar-refractivity contribution in [2.45, 2.75) is 32.4 Å². The highest BCUT2D eigenvalue weighted by Gasteiger charge is 2.27. The number of likely N-dealkylation sites (tertiary alicyclic amines) is 1. The summed E-state index contributed by atoms with van der Waals surface area (Å²) in [4.78, 5) is 2.49. The van der Waals surface area contributed by atoms with Gasteiger partial charge >= 0.3 is 0 Å². The standard InChI is InChI=1S/C12H22N4/c1-9-4-10(2)16(6-9)8-12(13)11-5-14-15(3)7-11/h5,7,9-10,12H,4,6,8,13H2,1-3H3. The van der Waals surface area contributed by atoms with Crippen LogP contribution in [0.4, 0.5) is 0 Å². The minimum Gasteiger partial charge on any atom is -0.323 e. The molecule has 0 radical (unpaired) electrons. The minimum absolute atomic E-state index is 0.0847. The van der Waals surface area contributed by atoms with Gasteiger partial charge in [-0.25, -0.2) is 0 Å². The smallest absolute Gasteiger partial charge is 0.0537 e. The largest absolute Gasteiger partial charge is 0.323 e. The third-order valence-corrected chi connectivity index (χ3v) is 3.50. The highest BCUT2D eigenvalue weighted by molar-refractivity contribution is 5.10. The Morgan fingerprint density at radius 3 is 2.81 bits per heavy atom. The van der Waals surface area contributed by atoms with Crippen LogP contribution in [0.3, 0.4) is 0 Å². The Kier molecular flexibility index (Phi) is 3.30. The average molecular weight is 222 g/mol. The van der Waals surface area contributed by atoms with Crippen LogP contribution >= 0.6 is 0 Å². The van der Waals surface area contributed by atoms with Crippen LogP contribution in [0.2, 0.25) is 0 Å². The van der Waals surface area contributed by atoms with E-state index in [-0.39, 0.29) is 6.04 Å². The van der Waals surface area contributed by atoms with Gasteiger partial charge in [0.25, 0.3) is 0 Å². The van der Waals surface area contributed by atoms with Crippen molar-refractivity contribution < 1.29 is 0 Å². The summed E-state index contributed by atoms with van der Waals surface area (Å²) < 4.78 is 1.81. The van der Waals surface area contributed by atoms with Gasteiger partial charge < -0.3 is 5.73 Å². The predicted octanol–water partition coefficient (Wildman–Crippen LogP) is 1.15. The van der Waals surface area contributed by atoms with Crippen molar-refractivity contribution in [3.8, 4) is 0 Å². The zero-order valence-corrected chi connectivity index (χ0v) is 10.4. The van der Waals surface area contributed by atoms with Gasteiger partial charge in [0.05, 0.1) is 6.20 Å². The predicted molar refractivity (Wildman–Crippen MR) is 65.0 cm³/mol. The van der Waals surface area contributed by atoms with Crippen molar-refractivity contribution in [3.05, 3.63) is 18.0 Å². The van der Waals surface area contributed by atoms with E-state index < -0.39 is 0 Å². The van der Waals surface area contributed by atoms with Crippen molar-refractivity contribution in [1.29, 1.82) is 0 Å². The lowest BCUT2D eigenvalue weighted by Crippen LogP contribution is -2.34. The number of nitrogens with zero attached hydrogens (tertiary/aromatic N) is 3. The van der Waals surface area contributed by atoms with E-state index in [4.69, 9.17) is 5.73 Å². The summed E-state index contributed by atoms with van der Waals surface area (Å²) in [6.07, 6.45) is 5.17. The monoisotopic (exact) mass is 222 g/mol. The second-order valence-corrected chi connectivity index (χ2v) is 5.20. The fourth-order valence-electron chi connectivity index (χ4n) is 2.63.